The topological polar surface area (TPSA) is 75.1 Å². The Bertz CT molecular complexity index is 960. The molecule has 2 aromatic heterocycles. The van der Waals surface area contributed by atoms with Crippen molar-refractivity contribution >= 4 is 29.1 Å². The Morgan fingerprint density at radius 2 is 1.74 bits per heavy atom. The number of pyridine rings is 2. The average molecular weight is 484 g/mol. The van der Waals surface area contributed by atoms with Crippen LogP contribution in [0.15, 0.2) is 30.6 Å². The summed E-state index contributed by atoms with van der Waals surface area (Å²) < 4.78 is 66.6. The van der Waals surface area contributed by atoms with Gasteiger partial charge in [-0.2, -0.15) is 13.2 Å². The van der Waals surface area contributed by atoms with E-state index < -0.39 is 58.8 Å². The zero-order chi connectivity index (χ0) is 23.0. The second-order valence-electron chi connectivity index (χ2n) is 7.30. The lowest BCUT2D eigenvalue weighted by atomic mass is 9.75. The number of hydrogen-bond acceptors (Lipinski definition) is 4. The molecule has 3 rings (SSSR count). The van der Waals surface area contributed by atoms with Crippen LogP contribution in [0.5, 0.6) is 0 Å². The third-order valence-electron chi connectivity index (χ3n) is 5.15. The Morgan fingerprint density at radius 1 is 1.10 bits per heavy atom. The molecule has 168 valence electrons. The minimum absolute atomic E-state index is 0.110. The first-order valence-corrected chi connectivity index (χ1v) is 9.82. The second-order valence-corrected chi connectivity index (χ2v) is 8.06. The van der Waals surface area contributed by atoms with Crippen LogP contribution in [0.1, 0.15) is 53.3 Å². The van der Waals surface area contributed by atoms with E-state index in [1.165, 1.54) is 18.3 Å². The van der Waals surface area contributed by atoms with Crippen LogP contribution in [-0.2, 0) is 6.18 Å². The van der Waals surface area contributed by atoms with Gasteiger partial charge in [-0.25, -0.2) is 18.7 Å². The molecule has 2 aromatic rings. The van der Waals surface area contributed by atoms with Gasteiger partial charge in [0.25, 0.3) is 5.91 Å². The van der Waals surface area contributed by atoms with E-state index in [0.717, 1.165) is 6.20 Å². The molecule has 2 N–H and O–H groups in total. The Balaban J connectivity index is 1.96. The summed E-state index contributed by atoms with van der Waals surface area (Å²) in [6.45, 7) is 0. The predicted octanol–water partition coefficient (Wildman–Crippen LogP) is 5.21. The van der Waals surface area contributed by atoms with Crippen molar-refractivity contribution in [1.29, 1.82) is 0 Å². The molecule has 0 aromatic carbocycles. The Hall–Kier alpha value is -2.04. The van der Waals surface area contributed by atoms with Crippen molar-refractivity contribution in [1.82, 2.24) is 15.3 Å². The van der Waals surface area contributed by atoms with Gasteiger partial charge in [0.1, 0.15) is 10.8 Å². The Kier molecular flexibility index (Phi) is 6.46. The molecule has 1 aliphatic carbocycles. The number of amides is 1. The molecule has 1 amide bonds. The lowest BCUT2D eigenvalue weighted by Gasteiger charge is -2.41. The molecule has 0 bridgehead atoms. The van der Waals surface area contributed by atoms with E-state index in [2.05, 4.69) is 15.3 Å². The fraction of sp³-hybridized carbons (Fsp3) is 0.421. The molecule has 5 nitrogen and oxygen atoms in total. The largest absolute Gasteiger partial charge is 0.417 e. The third kappa shape index (κ3) is 5.24. The molecule has 0 radical (unpaired) electrons. The normalized spacial score (nSPS) is 19.0. The SMILES string of the molecule is O=C(NC(c1ccc(Cl)nc1)C1(O)CCC(F)(F)CC1)c1nccc(C(F)(F)F)c1Cl. The molecule has 2 heterocycles. The molecular weight excluding hydrogens is 468 g/mol. The second kappa shape index (κ2) is 8.48. The minimum Gasteiger partial charge on any atom is -0.387 e. The van der Waals surface area contributed by atoms with Crippen molar-refractivity contribution in [2.75, 3.05) is 0 Å². The predicted molar refractivity (Wildman–Crippen MR) is 102 cm³/mol. The fourth-order valence-corrected chi connectivity index (χ4v) is 3.86. The van der Waals surface area contributed by atoms with Crippen LogP contribution in [0.3, 0.4) is 0 Å². The summed E-state index contributed by atoms with van der Waals surface area (Å²) in [5.74, 6) is -4.08. The van der Waals surface area contributed by atoms with E-state index in [0.29, 0.717) is 6.07 Å². The monoisotopic (exact) mass is 483 g/mol. The molecule has 12 heteroatoms. The van der Waals surface area contributed by atoms with E-state index >= 15 is 0 Å². The summed E-state index contributed by atoms with van der Waals surface area (Å²) in [5, 5.41) is 12.7. The number of aliphatic hydroxyl groups is 1. The molecular formula is C19H16Cl2F5N3O2. The minimum atomic E-state index is -4.82. The van der Waals surface area contributed by atoms with Crippen LogP contribution >= 0.6 is 23.2 Å². The van der Waals surface area contributed by atoms with Crippen molar-refractivity contribution in [2.24, 2.45) is 0 Å². The summed E-state index contributed by atoms with van der Waals surface area (Å²) in [4.78, 5) is 20.3. The van der Waals surface area contributed by atoms with Crippen molar-refractivity contribution in [3.8, 4) is 0 Å². The average Bonchev–Trinajstić information content (AvgIpc) is 2.68. The first-order chi connectivity index (χ1) is 14.3. The fourth-order valence-electron chi connectivity index (χ4n) is 3.44. The van der Waals surface area contributed by atoms with Gasteiger partial charge < -0.3 is 10.4 Å². The zero-order valence-electron chi connectivity index (χ0n) is 15.7. The van der Waals surface area contributed by atoms with E-state index in [4.69, 9.17) is 23.2 Å². The molecule has 1 aliphatic rings. The number of nitrogens with zero attached hydrogens (tertiary/aromatic N) is 2. The van der Waals surface area contributed by atoms with Crippen LogP contribution in [0.25, 0.3) is 0 Å². The number of aromatic nitrogens is 2. The van der Waals surface area contributed by atoms with Gasteiger partial charge >= 0.3 is 6.18 Å². The number of halogens is 7. The maximum absolute atomic E-state index is 13.6. The first-order valence-electron chi connectivity index (χ1n) is 9.07. The van der Waals surface area contributed by atoms with Gasteiger partial charge in [0.2, 0.25) is 5.92 Å². The van der Waals surface area contributed by atoms with Crippen molar-refractivity contribution in [2.45, 2.75) is 49.4 Å². The highest BCUT2D eigenvalue weighted by Gasteiger charge is 2.48. The number of carbonyl (C=O) groups excluding carboxylic acids is 1. The number of nitrogens with one attached hydrogen (secondary N) is 1. The van der Waals surface area contributed by atoms with E-state index in [-0.39, 0.29) is 23.6 Å². The Labute approximate surface area is 183 Å². The van der Waals surface area contributed by atoms with E-state index in [1.807, 2.05) is 0 Å². The van der Waals surface area contributed by atoms with E-state index in [1.54, 1.807) is 0 Å². The number of alkyl halides is 5. The number of carbonyl (C=O) groups is 1. The number of rotatable bonds is 4. The highest BCUT2D eigenvalue weighted by molar-refractivity contribution is 6.34. The molecule has 1 saturated carbocycles. The maximum Gasteiger partial charge on any atom is 0.417 e. The van der Waals surface area contributed by atoms with Gasteiger partial charge in [0, 0.05) is 25.2 Å². The molecule has 0 spiro atoms. The summed E-state index contributed by atoms with van der Waals surface area (Å²) in [7, 11) is 0. The summed E-state index contributed by atoms with van der Waals surface area (Å²) >= 11 is 11.5. The number of hydrogen-bond donors (Lipinski definition) is 2. The van der Waals surface area contributed by atoms with Gasteiger partial charge in [-0.05, 0) is 30.5 Å². The summed E-state index contributed by atoms with van der Waals surface area (Å²) in [6, 6.07) is 2.14. The van der Waals surface area contributed by atoms with Crippen LogP contribution in [0, 0.1) is 0 Å². The molecule has 31 heavy (non-hydrogen) atoms. The lowest BCUT2D eigenvalue weighted by Crippen LogP contribution is -2.50. The molecule has 1 fully saturated rings. The van der Waals surface area contributed by atoms with Gasteiger partial charge in [0.15, 0.2) is 0 Å². The van der Waals surface area contributed by atoms with Crippen molar-refractivity contribution in [3.05, 3.63) is 57.6 Å². The lowest BCUT2D eigenvalue weighted by molar-refractivity contribution is -0.137. The summed E-state index contributed by atoms with van der Waals surface area (Å²) in [6.07, 6.45) is -4.78. The molecule has 0 saturated heterocycles. The third-order valence-corrected chi connectivity index (χ3v) is 5.76. The standard InChI is InChI=1S/C19H16Cl2F5N3O2/c20-12-2-1-10(9-28-12)15(17(31)4-6-18(22,23)7-5-17)29-16(30)14-13(21)11(3-8-27-14)19(24,25)26/h1-3,8-9,15,31H,4-7H2,(H,29,30). The smallest absolute Gasteiger partial charge is 0.387 e. The molecule has 0 aliphatic heterocycles. The highest BCUT2D eigenvalue weighted by Crippen LogP contribution is 2.44. The van der Waals surface area contributed by atoms with E-state index in [9.17, 15) is 31.9 Å². The van der Waals surface area contributed by atoms with Crippen molar-refractivity contribution < 1.29 is 31.9 Å². The quantitative estimate of drug-likeness (QED) is 0.462. The van der Waals surface area contributed by atoms with Gasteiger partial charge in [-0.3, -0.25) is 4.79 Å². The summed E-state index contributed by atoms with van der Waals surface area (Å²) in [5.41, 5.74) is -3.54. The van der Waals surface area contributed by atoms with Crippen LogP contribution in [0.4, 0.5) is 22.0 Å². The maximum atomic E-state index is 13.6. The Morgan fingerprint density at radius 3 is 2.29 bits per heavy atom. The van der Waals surface area contributed by atoms with Gasteiger partial charge in [-0.15, -0.1) is 0 Å². The van der Waals surface area contributed by atoms with Gasteiger partial charge in [-0.1, -0.05) is 29.3 Å². The van der Waals surface area contributed by atoms with Gasteiger partial charge in [0.05, 0.1) is 22.2 Å². The van der Waals surface area contributed by atoms with Crippen LogP contribution in [0.2, 0.25) is 10.2 Å². The molecule has 1 unspecified atom stereocenters. The highest BCUT2D eigenvalue weighted by atomic mass is 35.5. The first kappa shape index (κ1) is 23.6. The van der Waals surface area contributed by atoms with Crippen molar-refractivity contribution in [3.63, 3.8) is 0 Å². The molecule has 1 atom stereocenters. The zero-order valence-corrected chi connectivity index (χ0v) is 17.2. The van der Waals surface area contributed by atoms with Crippen LogP contribution in [-0.4, -0.2) is 32.5 Å². The van der Waals surface area contributed by atoms with Crippen LogP contribution < -0.4 is 5.32 Å².